The van der Waals surface area contributed by atoms with Gasteiger partial charge in [-0.15, -0.1) is 0 Å². The Morgan fingerprint density at radius 1 is 1.41 bits per heavy atom. The summed E-state index contributed by atoms with van der Waals surface area (Å²) in [6, 6.07) is 6.11. The van der Waals surface area contributed by atoms with E-state index in [9.17, 15) is 5.26 Å². The Morgan fingerprint density at radius 2 is 2.23 bits per heavy atom. The highest BCUT2D eigenvalue weighted by Crippen LogP contribution is 2.56. The molecule has 0 saturated heterocycles. The Labute approximate surface area is 129 Å². The number of benzene rings is 1. The molecule has 4 heteroatoms. The average molecular weight is 292 g/mol. The number of hydrogen-bond acceptors (Lipinski definition) is 4. The van der Waals surface area contributed by atoms with E-state index in [1.54, 1.807) is 7.11 Å². The molecule has 2 unspecified atom stereocenters. The number of ether oxygens (including phenoxy) is 2. The molecule has 1 aliphatic heterocycles. The molecule has 4 nitrogen and oxygen atoms in total. The van der Waals surface area contributed by atoms with Crippen LogP contribution in [0.1, 0.15) is 23.6 Å². The number of nitrogens with zero attached hydrogens (tertiary/aromatic N) is 2. The van der Waals surface area contributed by atoms with Gasteiger partial charge in [0.1, 0.15) is 17.6 Å². The summed E-state index contributed by atoms with van der Waals surface area (Å²) in [5.74, 6) is 1.49. The molecule has 0 spiro atoms. The minimum absolute atomic E-state index is 0.238. The van der Waals surface area contributed by atoms with Gasteiger partial charge in [-0.05, 0) is 30.2 Å². The van der Waals surface area contributed by atoms with Crippen molar-refractivity contribution in [2.45, 2.75) is 24.9 Å². The van der Waals surface area contributed by atoms with Crippen LogP contribution in [0.3, 0.4) is 0 Å². The lowest BCUT2D eigenvalue weighted by atomic mass is 9.63. The number of methoxy groups -OCH3 is 1. The van der Waals surface area contributed by atoms with Gasteiger partial charge < -0.3 is 9.47 Å². The third kappa shape index (κ3) is 1.34. The first-order chi connectivity index (χ1) is 10.6. The Kier molecular flexibility index (Phi) is 2.53. The Bertz CT molecular complexity index is 826. The predicted molar refractivity (Wildman–Crippen MR) is 83.2 cm³/mol. The van der Waals surface area contributed by atoms with Crippen LogP contribution in [0.5, 0.6) is 5.75 Å². The van der Waals surface area contributed by atoms with Gasteiger partial charge in [0.25, 0.3) is 0 Å². The summed E-state index contributed by atoms with van der Waals surface area (Å²) >= 11 is 0. The maximum atomic E-state index is 9.40. The minimum Gasteiger partial charge on any atom is -0.497 e. The van der Waals surface area contributed by atoms with Gasteiger partial charge in [0.2, 0.25) is 0 Å². The normalized spacial score (nSPS) is 29.2. The maximum Gasteiger partial charge on any atom is 0.169 e. The summed E-state index contributed by atoms with van der Waals surface area (Å²) in [5.41, 5.74) is 4.80. The molecule has 3 aliphatic rings. The molecule has 0 aromatic heterocycles. The van der Waals surface area contributed by atoms with E-state index in [4.69, 9.17) is 9.47 Å². The first-order valence-corrected chi connectivity index (χ1v) is 7.30. The smallest absolute Gasteiger partial charge is 0.169 e. The van der Waals surface area contributed by atoms with E-state index >= 15 is 0 Å². The van der Waals surface area contributed by atoms with Crippen molar-refractivity contribution in [3.05, 3.63) is 52.3 Å². The highest BCUT2D eigenvalue weighted by Gasteiger charge is 2.56. The van der Waals surface area contributed by atoms with Crippen molar-refractivity contribution in [1.29, 1.82) is 5.26 Å². The second-order valence-electron chi connectivity index (χ2n) is 5.99. The van der Waals surface area contributed by atoms with Crippen LogP contribution in [0.15, 0.2) is 40.6 Å². The van der Waals surface area contributed by atoms with Crippen LogP contribution in [-0.4, -0.2) is 26.0 Å². The van der Waals surface area contributed by atoms with Gasteiger partial charge >= 0.3 is 0 Å². The van der Waals surface area contributed by atoms with E-state index in [0.717, 1.165) is 23.5 Å². The van der Waals surface area contributed by atoms with Crippen molar-refractivity contribution in [2.75, 3.05) is 14.2 Å². The molecule has 4 rings (SSSR count). The van der Waals surface area contributed by atoms with Gasteiger partial charge in [-0.3, -0.25) is 4.99 Å². The van der Waals surface area contributed by atoms with Crippen molar-refractivity contribution in [3.8, 4) is 11.8 Å². The fourth-order valence-electron chi connectivity index (χ4n) is 4.01. The molecule has 22 heavy (non-hydrogen) atoms. The van der Waals surface area contributed by atoms with E-state index in [1.165, 1.54) is 11.1 Å². The van der Waals surface area contributed by atoms with Crippen LogP contribution in [0, 0.1) is 11.3 Å². The average Bonchev–Trinajstić information content (AvgIpc) is 2.86. The van der Waals surface area contributed by atoms with E-state index in [1.807, 2.05) is 25.3 Å². The van der Waals surface area contributed by atoms with E-state index in [-0.39, 0.29) is 11.5 Å². The zero-order valence-electron chi connectivity index (χ0n) is 12.8. The topological polar surface area (TPSA) is 54.6 Å². The SMILES string of the molecule is CN=C1Cc2ccc(C#N)c3c2C2(C)C1=CC=C(OC)C2O3. The standard InChI is InChI=1S/C18H16N2O2/c1-18-12-6-7-14(21-3)17(18)22-16-11(9-19)5-4-10(15(16)18)8-13(12)20-2/h4-7,17H,8H2,1-3H3. The van der Waals surface area contributed by atoms with Crippen LogP contribution in [0.2, 0.25) is 0 Å². The van der Waals surface area contributed by atoms with Crippen molar-refractivity contribution >= 4 is 5.71 Å². The van der Waals surface area contributed by atoms with E-state index < -0.39 is 0 Å². The van der Waals surface area contributed by atoms with Gasteiger partial charge in [0, 0.05) is 24.7 Å². The first kappa shape index (κ1) is 13.1. The zero-order valence-corrected chi connectivity index (χ0v) is 12.8. The Morgan fingerprint density at radius 3 is 2.91 bits per heavy atom. The Hall–Kier alpha value is -2.54. The fraction of sp³-hybridized carbons (Fsp3) is 0.333. The van der Waals surface area contributed by atoms with Crippen molar-refractivity contribution in [2.24, 2.45) is 4.99 Å². The molecule has 1 aromatic carbocycles. The van der Waals surface area contributed by atoms with Crippen LogP contribution < -0.4 is 4.74 Å². The van der Waals surface area contributed by atoms with Crippen molar-refractivity contribution < 1.29 is 9.47 Å². The molecule has 0 saturated carbocycles. The number of rotatable bonds is 1. The molecule has 0 fully saturated rings. The summed E-state index contributed by atoms with van der Waals surface area (Å²) in [6.07, 6.45) is 4.57. The van der Waals surface area contributed by atoms with Crippen LogP contribution >= 0.6 is 0 Å². The van der Waals surface area contributed by atoms with E-state index in [0.29, 0.717) is 11.3 Å². The van der Waals surface area contributed by atoms with Gasteiger partial charge in [0.05, 0.1) is 18.1 Å². The quantitative estimate of drug-likeness (QED) is 0.799. The highest BCUT2D eigenvalue weighted by molar-refractivity contribution is 6.07. The number of nitriles is 1. The Balaban J connectivity index is 2.08. The molecule has 0 bridgehead atoms. The van der Waals surface area contributed by atoms with Crippen LogP contribution in [0.4, 0.5) is 0 Å². The maximum absolute atomic E-state index is 9.40. The fourth-order valence-corrected chi connectivity index (χ4v) is 4.01. The molecule has 1 heterocycles. The molecule has 0 radical (unpaired) electrons. The highest BCUT2D eigenvalue weighted by atomic mass is 16.5. The lowest BCUT2D eigenvalue weighted by Gasteiger charge is -2.40. The summed E-state index contributed by atoms with van der Waals surface area (Å²) in [5, 5.41) is 9.40. The van der Waals surface area contributed by atoms with Crippen molar-refractivity contribution in [1.82, 2.24) is 0 Å². The van der Waals surface area contributed by atoms with Crippen molar-refractivity contribution in [3.63, 3.8) is 0 Å². The second kappa shape index (κ2) is 4.23. The van der Waals surface area contributed by atoms with Gasteiger partial charge in [-0.1, -0.05) is 12.1 Å². The monoisotopic (exact) mass is 292 g/mol. The lowest BCUT2D eigenvalue weighted by Crippen LogP contribution is -2.46. The molecule has 110 valence electrons. The molecule has 0 N–H and O–H groups in total. The van der Waals surface area contributed by atoms with Gasteiger partial charge in [-0.25, -0.2) is 0 Å². The molecule has 2 atom stereocenters. The second-order valence-corrected chi connectivity index (χ2v) is 5.99. The summed E-state index contributed by atoms with van der Waals surface area (Å²) < 4.78 is 11.7. The largest absolute Gasteiger partial charge is 0.497 e. The molecular formula is C18H16N2O2. The van der Waals surface area contributed by atoms with E-state index in [2.05, 4.69) is 24.1 Å². The third-order valence-corrected chi connectivity index (χ3v) is 5.05. The molecule has 0 amide bonds. The summed E-state index contributed by atoms with van der Waals surface area (Å²) in [4.78, 5) is 4.48. The minimum atomic E-state index is -0.343. The number of allylic oxidation sites excluding steroid dienone is 2. The van der Waals surface area contributed by atoms with Crippen LogP contribution in [0.25, 0.3) is 0 Å². The lowest BCUT2D eigenvalue weighted by molar-refractivity contribution is 0.126. The van der Waals surface area contributed by atoms with Gasteiger partial charge in [-0.2, -0.15) is 5.26 Å². The summed E-state index contributed by atoms with van der Waals surface area (Å²) in [6.45, 7) is 2.16. The molecular weight excluding hydrogens is 276 g/mol. The van der Waals surface area contributed by atoms with Crippen LogP contribution in [-0.2, 0) is 16.6 Å². The zero-order chi connectivity index (χ0) is 15.5. The number of aliphatic imine (C=N–C) groups is 1. The van der Waals surface area contributed by atoms with Gasteiger partial charge in [0.15, 0.2) is 6.10 Å². The first-order valence-electron chi connectivity index (χ1n) is 7.30. The third-order valence-electron chi connectivity index (χ3n) is 5.05. The predicted octanol–water partition coefficient (Wildman–Crippen LogP) is 2.67. The summed E-state index contributed by atoms with van der Waals surface area (Å²) in [7, 11) is 3.49. The molecule has 2 aliphatic carbocycles. The number of hydrogen-bond donors (Lipinski definition) is 0. The molecule has 1 aromatic rings.